The first-order valence-corrected chi connectivity index (χ1v) is 3.60. The van der Waals surface area contributed by atoms with Crippen LogP contribution in [0.15, 0.2) is 0 Å². The molecule has 0 fully saturated rings. The first kappa shape index (κ1) is 19.4. The van der Waals surface area contributed by atoms with Crippen molar-refractivity contribution in [1.29, 1.82) is 0 Å². The summed E-state index contributed by atoms with van der Waals surface area (Å²) in [7, 11) is 3.43. The van der Waals surface area contributed by atoms with Gasteiger partial charge in [-0.1, -0.05) is 0 Å². The number of carboxylic acids is 2. The average molecular weight is 214 g/mol. The molecule has 3 N–H and O–H groups in total. The van der Waals surface area contributed by atoms with Crippen LogP contribution in [0.1, 0.15) is 6.92 Å². The zero-order valence-corrected chi connectivity index (χ0v) is 11.0. The molecule has 0 rings (SSSR count). The van der Waals surface area contributed by atoms with E-state index in [-0.39, 0.29) is 36.1 Å². The zero-order valence-electron chi connectivity index (χ0n) is 8.98. The molecule has 78 valence electrons. The van der Waals surface area contributed by atoms with E-state index in [0.29, 0.717) is 0 Å². The summed E-state index contributed by atoms with van der Waals surface area (Å²) in [6.07, 6.45) is 0. The minimum absolute atomic E-state index is 0. The van der Waals surface area contributed by atoms with Crippen LogP contribution in [-0.2, 0) is 9.59 Å². The number of likely N-dealkylation sites (N-methyl/N-ethyl adjacent to an activating group) is 1. The van der Waals surface area contributed by atoms with Crippen molar-refractivity contribution in [3.8, 4) is 0 Å². The van der Waals surface area contributed by atoms with Crippen molar-refractivity contribution in [3.63, 3.8) is 0 Å². The van der Waals surface area contributed by atoms with E-state index in [1.807, 2.05) is 0 Å². The molecule has 1 atom stereocenters. The Morgan fingerprint density at radius 3 is 1.79 bits per heavy atom. The monoisotopic (exact) mass is 214 g/mol. The van der Waals surface area contributed by atoms with E-state index in [9.17, 15) is 14.7 Å². The maximum atomic E-state index is 9.77. The molecule has 0 bridgehead atoms. The molecular weight excluding hydrogens is 199 g/mol. The fourth-order valence-corrected chi connectivity index (χ4v) is 0.271. The molecule has 7 heteroatoms. The average Bonchev–Trinajstić information content (AvgIpc) is 1.84. The summed E-state index contributed by atoms with van der Waals surface area (Å²) in [5, 5.41) is 17.5. The van der Waals surface area contributed by atoms with Crippen molar-refractivity contribution in [2.24, 2.45) is 5.73 Å². The molecule has 1 unspecified atom stereocenters. The van der Waals surface area contributed by atoms with Gasteiger partial charge < -0.3 is 20.7 Å². The second-order valence-corrected chi connectivity index (χ2v) is 2.74. The number of aliphatic carboxylic acids is 2. The van der Waals surface area contributed by atoms with E-state index in [4.69, 9.17) is 10.8 Å². The van der Waals surface area contributed by atoms with E-state index in [1.165, 1.54) is 6.92 Å². The number of carbonyl (C=O) groups is 2. The molecule has 0 radical (unpaired) electrons. The Labute approximate surface area is 105 Å². The maximum absolute atomic E-state index is 9.77. The molecular formula is C7H15N2NaO4. The van der Waals surface area contributed by atoms with Gasteiger partial charge in [-0.25, -0.2) is 0 Å². The zero-order chi connectivity index (χ0) is 11.0. The molecule has 14 heavy (non-hydrogen) atoms. The van der Waals surface area contributed by atoms with Gasteiger partial charge in [-0.05, 0) is 21.0 Å². The van der Waals surface area contributed by atoms with Crippen LogP contribution in [0.2, 0.25) is 0 Å². The first-order valence-electron chi connectivity index (χ1n) is 3.60. The molecule has 0 saturated heterocycles. The third kappa shape index (κ3) is 22.6. The van der Waals surface area contributed by atoms with E-state index in [2.05, 4.69) is 0 Å². The maximum Gasteiger partial charge on any atom is 1.00 e. The number of nitrogens with two attached hydrogens (primary N) is 1. The minimum Gasteiger partial charge on any atom is -0.548 e. The second kappa shape index (κ2) is 10.9. The normalized spacial score (nSPS) is 10.6. The molecule has 0 aromatic rings. The fourth-order valence-electron chi connectivity index (χ4n) is 0.271. The molecule has 0 amide bonds. The van der Waals surface area contributed by atoms with E-state index < -0.39 is 18.0 Å². The van der Waals surface area contributed by atoms with Gasteiger partial charge in [0.25, 0.3) is 0 Å². The van der Waals surface area contributed by atoms with Gasteiger partial charge in [0.2, 0.25) is 0 Å². The van der Waals surface area contributed by atoms with Gasteiger partial charge >= 0.3 is 35.5 Å². The van der Waals surface area contributed by atoms with Gasteiger partial charge in [0.1, 0.15) is 0 Å². The summed E-state index contributed by atoms with van der Waals surface area (Å²) in [4.78, 5) is 20.8. The quantitative estimate of drug-likeness (QED) is 0.454. The largest absolute Gasteiger partial charge is 1.00 e. The summed E-state index contributed by atoms with van der Waals surface area (Å²) in [6, 6.07) is -0.843. The SMILES string of the molecule is CC(N)C(=O)[O-].CN(C)CC(=O)O.[Na+]. The number of hydrogen-bond acceptors (Lipinski definition) is 5. The number of carbonyl (C=O) groups excluding carboxylic acids is 1. The van der Waals surface area contributed by atoms with Crippen molar-refractivity contribution in [2.45, 2.75) is 13.0 Å². The number of hydrogen-bond donors (Lipinski definition) is 2. The summed E-state index contributed by atoms with van der Waals surface area (Å²) < 4.78 is 0. The molecule has 0 aliphatic heterocycles. The third-order valence-electron chi connectivity index (χ3n) is 0.823. The summed E-state index contributed by atoms with van der Waals surface area (Å²) >= 11 is 0. The standard InChI is InChI=1S/C4H9NO2.C3H7NO2.Na/c1-5(2)3-4(6)7;1-2(4)3(5)6;/h3H2,1-2H3,(H,6,7);2H,4H2,1H3,(H,5,6);/q;;+1/p-1. The van der Waals surface area contributed by atoms with Gasteiger partial charge in [0, 0.05) is 6.04 Å². The summed E-state index contributed by atoms with van der Waals surface area (Å²) in [6.45, 7) is 1.47. The smallest absolute Gasteiger partial charge is 0.548 e. The van der Waals surface area contributed by atoms with Crippen LogP contribution < -0.4 is 40.4 Å². The van der Waals surface area contributed by atoms with Crippen LogP contribution in [0.4, 0.5) is 0 Å². The Bertz CT molecular complexity index is 173. The Morgan fingerprint density at radius 2 is 1.79 bits per heavy atom. The van der Waals surface area contributed by atoms with Crippen molar-refractivity contribution in [2.75, 3.05) is 20.6 Å². The van der Waals surface area contributed by atoms with Crippen molar-refractivity contribution >= 4 is 11.9 Å². The Hall–Kier alpha value is -0.140. The van der Waals surface area contributed by atoms with Gasteiger partial charge in [-0.3, -0.25) is 9.69 Å². The molecule has 0 aliphatic rings. The van der Waals surface area contributed by atoms with Gasteiger partial charge in [-0.2, -0.15) is 0 Å². The number of nitrogens with zero attached hydrogens (tertiary/aromatic N) is 1. The van der Waals surface area contributed by atoms with Crippen molar-refractivity contribution in [1.82, 2.24) is 4.90 Å². The van der Waals surface area contributed by atoms with E-state index >= 15 is 0 Å². The van der Waals surface area contributed by atoms with Gasteiger partial charge in [-0.15, -0.1) is 0 Å². The molecule has 0 heterocycles. The Balaban J connectivity index is -0.000000163. The van der Waals surface area contributed by atoms with Crippen LogP contribution in [0.3, 0.4) is 0 Å². The van der Waals surface area contributed by atoms with Gasteiger partial charge in [0.05, 0.1) is 12.5 Å². The molecule has 0 saturated carbocycles. The van der Waals surface area contributed by atoms with Crippen LogP contribution in [0.5, 0.6) is 0 Å². The molecule has 0 aliphatic carbocycles. The fraction of sp³-hybridized carbons (Fsp3) is 0.714. The predicted molar refractivity (Wildman–Crippen MR) is 44.8 cm³/mol. The second-order valence-electron chi connectivity index (χ2n) is 2.74. The van der Waals surface area contributed by atoms with Crippen molar-refractivity contribution in [3.05, 3.63) is 0 Å². The minimum atomic E-state index is -1.21. The Kier molecular flexibility index (Phi) is 15.2. The molecule has 0 aromatic heterocycles. The topological polar surface area (TPSA) is 107 Å². The van der Waals surface area contributed by atoms with Crippen LogP contribution in [0.25, 0.3) is 0 Å². The molecule has 0 spiro atoms. The van der Waals surface area contributed by atoms with Gasteiger partial charge in [0.15, 0.2) is 0 Å². The van der Waals surface area contributed by atoms with Crippen LogP contribution in [-0.4, -0.2) is 48.6 Å². The van der Waals surface area contributed by atoms with Crippen LogP contribution >= 0.6 is 0 Å². The molecule has 0 aromatic carbocycles. The Morgan fingerprint density at radius 1 is 1.50 bits per heavy atom. The summed E-state index contributed by atoms with van der Waals surface area (Å²) in [5.41, 5.74) is 4.77. The molecule has 6 nitrogen and oxygen atoms in total. The number of rotatable bonds is 3. The third-order valence-corrected chi connectivity index (χ3v) is 0.823. The van der Waals surface area contributed by atoms with Crippen LogP contribution in [0, 0.1) is 0 Å². The number of carboxylic acid groups (broad SMARTS) is 2. The predicted octanol–water partition coefficient (Wildman–Crippen LogP) is -5.28. The van der Waals surface area contributed by atoms with E-state index in [1.54, 1.807) is 19.0 Å². The summed E-state index contributed by atoms with van der Waals surface area (Å²) in [5.74, 6) is -2.00. The first-order chi connectivity index (χ1) is 5.77. The van der Waals surface area contributed by atoms with Crippen molar-refractivity contribution < 1.29 is 49.4 Å². The van der Waals surface area contributed by atoms with E-state index in [0.717, 1.165) is 0 Å².